The van der Waals surface area contributed by atoms with Gasteiger partial charge in [0.2, 0.25) is 10.0 Å². The lowest BCUT2D eigenvalue weighted by atomic mass is 10.2. The first-order valence-electron chi connectivity index (χ1n) is 5.93. The largest absolute Gasteiger partial charge is 0.392 e. The summed E-state index contributed by atoms with van der Waals surface area (Å²) >= 11 is 11.9. The highest BCUT2D eigenvalue weighted by Crippen LogP contribution is 2.29. The second kappa shape index (κ2) is 7.06. The van der Waals surface area contributed by atoms with Crippen molar-refractivity contribution in [2.75, 3.05) is 20.6 Å². The lowest BCUT2D eigenvalue weighted by Gasteiger charge is -2.19. The van der Waals surface area contributed by atoms with Crippen LogP contribution in [0.1, 0.15) is 12.5 Å². The molecule has 1 aromatic carbocycles. The van der Waals surface area contributed by atoms with Crippen LogP contribution >= 0.6 is 23.2 Å². The Morgan fingerprint density at radius 3 is 2.45 bits per heavy atom. The molecule has 1 atom stereocenters. The molecule has 0 heterocycles. The fourth-order valence-electron chi connectivity index (χ4n) is 1.84. The maximum Gasteiger partial charge on any atom is 0.242 e. The molecule has 0 aliphatic rings. The van der Waals surface area contributed by atoms with Crippen LogP contribution in [0.25, 0.3) is 0 Å². The fourth-order valence-corrected chi connectivity index (χ4v) is 4.00. The van der Waals surface area contributed by atoms with Crippen LogP contribution in [-0.4, -0.2) is 45.1 Å². The molecule has 0 radical (unpaired) electrons. The number of nitrogens with one attached hydrogen (secondary N) is 1. The van der Waals surface area contributed by atoms with Gasteiger partial charge in [-0.25, -0.2) is 13.1 Å². The highest BCUT2D eigenvalue weighted by Gasteiger charge is 2.23. The average molecular weight is 341 g/mol. The van der Waals surface area contributed by atoms with Gasteiger partial charge >= 0.3 is 0 Å². The topological polar surface area (TPSA) is 69.6 Å². The maximum atomic E-state index is 12.3. The molecule has 1 rings (SSSR count). The Hall–Kier alpha value is -0.370. The van der Waals surface area contributed by atoms with E-state index in [2.05, 4.69) is 4.72 Å². The lowest BCUT2D eigenvalue weighted by Crippen LogP contribution is -2.39. The van der Waals surface area contributed by atoms with Gasteiger partial charge in [0.05, 0.1) is 11.6 Å². The third-order valence-corrected chi connectivity index (χ3v) is 4.92. The van der Waals surface area contributed by atoms with E-state index in [-0.39, 0.29) is 33.2 Å². The molecule has 20 heavy (non-hydrogen) atoms. The molecular formula is C12H18Cl2N2O3S. The summed E-state index contributed by atoms with van der Waals surface area (Å²) in [5.41, 5.74) is 0.278. The Morgan fingerprint density at radius 2 is 1.95 bits per heavy atom. The summed E-state index contributed by atoms with van der Waals surface area (Å²) in [6.07, 6.45) is 0. The quantitative estimate of drug-likeness (QED) is 0.827. The molecule has 0 spiro atoms. The SMILES string of the molecule is CC(CN(C)C)NS(=O)(=O)c1cc(Cl)cc(CO)c1Cl. The van der Waals surface area contributed by atoms with Crippen LogP contribution in [0.4, 0.5) is 0 Å². The van der Waals surface area contributed by atoms with Crippen molar-refractivity contribution in [1.82, 2.24) is 9.62 Å². The zero-order chi connectivity index (χ0) is 15.5. The summed E-state index contributed by atoms with van der Waals surface area (Å²) in [5.74, 6) is 0. The first-order chi connectivity index (χ1) is 9.17. The number of aliphatic hydroxyl groups is 1. The number of likely N-dealkylation sites (N-methyl/N-ethyl adjacent to an activating group) is 1. The highest BCUT2D eigenvalue weighted by atomic mass is 35.5. The number of nitrogens with zero attached hydrogens (tertiary/aromatic N) is 1. The van der Waals surface area contributed by atoms with Crippen molar-refractivity contribution in [1.29, 1.82) is 0 Å². The third kappa shape index (κ3) is 4.58. The monoisotopic (exact) mass is 340 g/mol. The number of rotatable bonds is 6. The zero-order valence-electron chi connectivity index (χ0n) is 11.5. The number of halogens is 2. The normalized spacial score (nSPS) is 13.8. The Labute approximate surface area is 129 Å². The van der Waals surface area contributed by atoms with E-state index < -0.39 is 10.0 Å². The van der Waals surface area contributed by atoms with Crippen LogP contribution in [0.2, 0.25) is 10.0 Å². The number of hydrogen-bond acceptors (Lipinski definition) is 4. The molecule has 114 valence electrons. The van der Waals surface area contributed by atoms with Crippen LogP contribution in [0.15, 0.2) is 17.0 Å². The lowest BCUT2D eigenvalue weighted by molar-refractivity contribution is 0.281. The summed E-state index contributed by atoms with van der Waals surface area (Å²) in [6.45, 7) is 1.92. The van der Waals surface area contributed by atoms with Gasteiger partial charge in [0.1, 0.15) is 4.90 Å². The highest BCUT2D eigenvalue weighted by molar-refractivity contribution is 7.89. The Bertz CT molecular complexity index is 576. The molecule has 1 aromatic rings. The summed E-state index contributed by atoms with van der Waals surface area (Å²) < 4.78 is 27.2. The van der Waals surface area contributed by atoms with Crippen LogP contribution in [-0.2, 0) is 16.6 Å². The zero-order valence-corrected chi connectivity index (χ0v) is 13.8. The van der Waals surface area contributed by atoms with Gasteiger partial charge in [0, 0.05) is 17.6 Å². The van der Waals surface area contributed by atoms with E-state index in [0.717, 1.165) is 0 Å². The average Bonchev–Trinajstić information content (AvgIpc) is 2.29. The molecule has 1 unspecified atom stereocenters. The minimum absolute atomic E-state index is 0.0125. The van der Waals surface area contributed by atoms with E-state index in [0.29, 0.717) is 6.54 Å². The van der Waals surface area contributed by atoms with Crippen LogP contribution in [0.3, 0.4) is 0 Å². The molecule has 0 amide bonds. The summed E-state index contributed by atoms with van der Waals surface area (Å²) in [4.78, 5) is 1.74. The fraction of sp³-hybridized carbons (Fsp3) is 0.500. The first-order valence-corrected chi connectivity index (χ1v) is 8.17. The molecule has 0 bridgehead atoms. The van der Waals surface area contributed by atoms with Gasteiger partial charge in [-0.2, -0.15) is 0 Å². The number of benzene rings is 1. The van der Waals surface area contributed by atoms with Gasteiger partial charge in [-0.05, 0) is 38.7 Å². The molecular weight excluding hydrogens is 323 g/mol. The summed E-state index contributed by atoms with van der Waals surface area (Å²) in [6, 6.07) is 2.42. The molecule has 0 aromatic heterocycles. The summed E-state index contributed by atoms with van der Waals surface area (Å²) in [5, 5.41) is 9.36. The number of aliphatic hydroxyl groups excluding tert-OH is 1. The second-order valence-corrected chi connectivity index (χ2v) is 7.32. The standard InChI is InChI=1S/C12H18Cl2N2O3S/c1-8(6-16(2)3)15-20(18,19)11-5-10(13)4-9(7-17)12(11)14/h4-5,8,15,17H,6-7H2,1-3H3. The molecule has 0 aliphatic heterocycles. The predicted octanol–water partition coefficient (Wildman–Crippen LogP) is 1.71. The molecule has 2 N–H and O–H groups in total. The van der Waals surface area contributed by atoms with Crippen molar-refractivity contribution in [3.8, 4) is 0 Å². The van der Waals surface area contributed by atoms with Crippen molar-refractivity contribution in [2.24, 2.45) is 0 Å². The molecule has 5 nitrogen and oxygen atoms in total. The van der Waals surface area contributed by atoms with E-state index in [1.807, 2.05) is 19.0 Å². The van der Waals surface area contributed by atoms with E-state index in [1.54, 1.807) is 6.92 Å². The van der Waals surface area contributed by atoms with E-state index in [1.165, 1.54) is 12.1 Å². The van der Waals surface area contributed by atoms with Gasteiger partial charge in [-0.3, -0.25) is 0 Å². The minimum Gasteiger partial charge on any atom is -0.392 e. The smallest absolute Gasteiger partial charge is 0.242 e. The van der Waals surface area contributed by atoms with E-state index in [4.69, 9.17) is 28.3 Å². The van der Waals surface area contributed by atoms with Crippen LogP contribution in [0.5, 0.6) is 0 Å². The van der Waals surface area contributed by atoms with Gasteiger partial charge < -0.3 is 10.0 Å². The van der Waals surface area contributed by atoms with Crippen molar-refractivity contribution in [3.05, 3.63) is 27.7 Å². The molecule has 8 heteroatoms. The Morgan fingerprint density at radius 1 is 1.35 bits per heavy atom. The first kappa shape index (κ1) is 17.7. The number of sulfonamides is 1. The number of hydrogen-bond donors (Lipinski definition) is 2. The maximum absolute atomic E-state index is 12.3. The van der Waals surface area contributed by atoms with Crippen molar-refractivity contribution < 1.29 is 13.5 Å². The van der Waals surface area contributed by atoms with Gasteiger partial charge in [-0.1, -0.05) is 23.2 Å². The van der Waals surface area contributed by atoms with Crippen LogP contribution in [0, 0.1) is 0 Å². The molecule has 0 saturated heterocycles. The predicted molar refractivity (Wildman–Crippen MR) is 80.7 cm³/mol. The van der Waals surface area contributed by atoms with Gasteiger partial charge in [-0.15, -0.1) is 0 Å². The van der Waals surface area contributed by atoms with Gasteiger partial charge in [0.25, 0.3) is 0 Å². The van der Waals surface area contributed by atoms with Crippen molar-refractivity contribution in [3.63, 3.8) is 0 Å². The molecule has 0 saturated carbocycles. The van der Waals surface area contributed by atoms with E-state index in [9.17, 15) is 8.42 Å². The Kier molecular flexibility index (Phi) is 6.25. The minimum atomic E-state index is -3.80. The Balaban J connectivity index is 3.13. The molecule has 0 aliphatic carbocycles. The van der Waals surface area contributed by atoms with Gasteiger partial charge in [0.15, 0.2) is 0 Å². The summed E-state index contributed by atoms with van der Waals surface area (Å²) in [7, 11) is -0.0986. The van der Waals surface area contributed by atoms with Crippen molar-refractivity contribution >= 4 is 33.2 Å². The van der Waals surface area contributed by atoms with E-state index >= 15 is 0 Å². The second-order valence-electron chi connectivity index (χ2n) is 4.82. The van der Waals surface area contributed by atoms with Crippen LogP contribution < -0.4 is 4.72 Å². The molecule has 0 fully saturated rings. The van der Waals surface area contributed by atoms with Crippen molar-refractivity contribution in [2.45, 2.75) is 24.5 Å². The third-order valence-electron chi connectivity index (χ3n) is 2.53.